The minimum absolute atomic E-state index is 0.0872. The van der Waals surface area contributed by atoms with Gasteiger partial charge in [0.2, 0.25) is 0 Å². The quantitative estimate of drug-likeness (QED) is 0.680. The van der Waals surface area contributed by atoms with Gasteiger partial charge >= 0.3 is 0 Å². The smallest absolute Gasteiger partial charge is 0.123 e. The van der Waals surface area contributed by atoms with Crippen LogP contribution in [0.4, 0.5) is 4.39 Å². The van der Waals surface area contributed by atoms with Crippen molar-refractivity contribution in [3.8, 4) is 0 Å². The van der Waals surface area contributed by atoms with Crippen molar-refractivity contribution in [1.29, 1.82) is 0 Å². The van der Waals surface area contributed by atoms with E-state index in [-0.39, 0.29) is 11.9 Å². The van der Waals surface area contributed by atoms with Crippen LogP contribution in [0, 0.1) is 5.82 Å². The Morgan fingerprint density at radius 1 is 1.40 bits per heavy atom. The molecule has 0 spiro atoms. The molecule has 0 bridgehead atoms. The summed E-state index contributed by atoms with van der Waals surface area (Å²) >= 11 is 0. The number of rotatable bonds is 0. The molecule has 78 valence electrons. The third kappa shape index (κ3) is 1.27. The lowest BCUT2D eigenvalue weighted by Gasteiger charge is -2.18. The van der Waals surface area contributed by atoms with Gasteiger partial charge in [0.15, 0.2) is 0 Å². The zero-order chi connectivity index (χ0) is 10.4. The Kier molecular flexibility index (Phi) is 1.83. The number of fused-ring (bicyclic) bond motifs is 3. The molecule has 0 saturated carbocycles. The molecular formula is C12H13FN2. The van der Waals surface area contributed by atoms with Crippen LogP contribution in [0.3, 0.4) is 0 Å². The number of hydrogen-bond acceptors (Lipinski definition) is 1. The first-order valence-electron chi connectivity index (χ1n) is 5.31. The van der Waals surface area contributed by atoms with Gasteiger partial charge in [0, 0.05) is 22.6 Å². The maximum absolute atomic E-state index is 13.1. The normalized spacial score (nSPS) is 20.5. The van der Waals surface area contributed by atoms with Crippen LogP contribution in [0.15, 0.2) is 18.2 Å². The Morgan fingerprint density at radius 2 is 2.27 bits per heavy atom. The molecule has 0 saturated heterocycles. The van der Waals surface area contributed by atoms with Crippen LogP contribution in [0.5, 0.6) is 0 Å². The van der Waals surface area contributed by atoms with Crippen LogP contribution < -0.4 is 5.73 Å². The minimum Gasteiger partial charge on any atom is -0.357 e. The molecule has 2 nitrogen and oxygen atoms in total. The Morgan fingerprint density at radius 3 is 3.13 bits per heavy atom. The molecule has 1 atom stereocenters. The maximum Gasteiger partial charge on any atom is 0.123 e. The number of aromatic nitrogens is 1. The van der Waals surface area contributed by atoms with Gasteiger partial charge in [-0.05, 0) is 43.0 Å². The van der Waals surface area contributed by atoms with Gasteiger partial charge in [-0.3, -0.25) is 0 Å². The van der Waals surface area contributed by atoms with Crippen LogP contribution in [-0.4, -0.2) is 4.98 Å². The third-order valence-corrected chi connectivity index (χ3v) is 3.21. The first kappa shape index (κ1) is 8.92. The zero-order valence-electron chi connectivity index (χ0n) is 8.39. The largest absolute Gasteiger partial charge is 0.357 e. The number of halogens is 1. The van der Waals surface area contributed by atoms with Crippen LogP contribution in [0.2, 0.25) is 0 Å². The summed E-state index contributed by atoms with van der Waals surface area (Å²) < 4.78 is 13.1. The predicted octanol–water partition coefficient (Wildman–Crippen LogP) is 2.64. The van der Waals surface area contributed by atoms with Gasteiger partial charge in [-0.15, -0.1) is 0 Å². The monoisotopic (exact) mass is 204 g/mol. The molecule has 1 aliphatic rings. The van der Waals surface area contributed by atoms with Crippen LogP contribution in [0.25, 0.3) is 10.9 Å². The van der Waals surface area contributed by atoms with Gasteiger partial charge in [-0.1, -0.05) is 0 Å². The SMILES string of the molecule is N[C@H]1CCCc2c1[nH]c1ccc(F)cc21. The van der Waals surface area contributed by atoms with E-state index in [0.29, 0.717) is 0 Å². The third-order valence-electron chi connectivity index (χ3n) is 3.21. The summed E-state index contributed by atoms with van der Waals surface area (Å²) in [5.74, 6) is -0.177. The van der Waals surface area contributed by atoms with Gasteiger partial charge in [0.1, 0.15) is 5.82 Å². The highest BCUT2D eigenvalue weighted by Gasteiger charge is 2.21. The number of aryl methyl sites for hydroxylation is 1. The second-order valence-electron chi connectivity index (χ2n) is 4.21. The lowest BCUT2D eigenvalue weighted by Crippen LogP contribution is -2.16. The summed E-state index contributed by atoms with van der Waals surface area (Å²) in [5.41, 5.74) is 9.33. The fraction of sp³-hybridized carbons (Fsp3) is 0.333. The maximum atomic E-state index is 13.1. The van der Waals surface area contributed by atoms with Gasteiger partial charge in [0.05, 0.1) is 0 Å². The lowest BCUT2D eigenvalue weighted by molar-refractivity contribution is 0.562. The average Bonchev–Trinajstić information content (AvgIpc) is 2.58. The molecular weight excluding hydrogens is 191 g/mol. The number of benzene rings is 1. The molecule has 0 amide bonds. The zero-order valence-corrected chi connectivity index (χ0v) is 8.39. The molecule has 3 heteroatoms. The number of H-pyrrole nitrogens is 1. The van der Waals surface area contributed by atoms with Gasteiger partial charge in [-0.2, -0.15) is 0 Å². The standard InChI is InChI=1S/C12H13FN2/c13-7-4-5-11-9(6-7)8-2-1-3-10(14)12(8)15-11/h4-6,10,15H,1-3,14H2/t10-/m0/s1. The highest BCUT2D eigenvalue weighted by molar-refractivity contribution is 5.85. The van der Waals surface area contributed by atoms with E-state index in [4.69, 9.17) is 5.73 Å². The molecule has 15 heavy (non-hydrogen) atoms. The topological polar surface area (TPSA) is 41.8 Å². The van der Waals surface area contributed by atoms with E-state index in [1.807, 2.05) is 0 Å². The molecule has 0 unspecified atom stereocenters. The summed E-state index contributed by atoms with van der Waals surface area (Å²) in [6.07, 6.45) is 3.12. The summed E-state index contributed by atoms with van der Waals surface area (Å²) in [4.78, 5) is 3.30. The predicted molar refractivity (Wildman–Crippen MR) is 58.1 cm³/mol. The van der Waals surface area contributed by atoms with Crippen LogP contribution >= 0.6 is 0 Å². The van der Waals surface area contributed by atoms with E-state index in [9.17, 15) is 4.39 Å². The first-order chi connectivity index (χ1) is 7.25. The van der Waals surface area contributed by atoms with Crippen molar-refractivity contribution < 1.29 is 4.39 Å². The van der Waals surface area contributed by atoms with Crippen molar-refractivity contribution in [2.45, 2.75) is 25.3 Å². The molecule has 0 radical (unpaired) electrons. The Balaban J connectivity index is 2.31. The molecule has 0 fully saturated rings. The summed E-state index contributed by atoms with van der Waals surface area (Å²) in [5, 5.41) is 1.00. The van der Waals surface area contributed by atoms with Gasteiger partial charge in [-0.25, -0.2) is 4.39 Å². The minimum atomic E-state index is -0.177. The number of nitrogens with two attached hydrogens (primary N) is 1. The Hall–Kier alpha value is -1.35. The molecule has 1 heterocycles. The molecule has 0 aliphatic heterocycles. The number of aromatic amines is 1. The van der Waals surface area contributed by atoms with E-state index in [2.05, 4.69) is 4.98 Å². The highest BCUT2D eigenvalue weighted by Crippen LogP contribution is 2.33. The van der Waals surface area contributed by atoms with Gasteiger partial charge in [0.25, 0.3) is 0 Å². The van der Waals surface area contributed by atoms with Crippen LogP contribution in [-0.2, 0) is 6.42 Å². The Labute approximate surface area is 87.3 Å². The second kappa shape index (κ2) is 3.07. The van der Waals surface area contributed by atoms with E-state index in [1.165, 1.54) is 11.6 Å². The Bertz CT molecular complexity index is 516. The molecule has 1 aromatic heterocycles. The van der Waals surface area contributed by atoms with E-state index < -0.39 is 0 Å². The van der Waals surface area contributed by atoms with Crippen molar-refractivity contribution >= 4 is 10.9 Å². The van der Waals surface area contributed by atoms with E-state index in [0.717, 1.165) is 35.9 Å². The summed E-state index contributed by atoms with van der Waals surface area (Å²) in [7, 11) is 0. The van der Waals surface area contributed by atoms with Crippen molar-refractivity contribution in [2.24, 2.45) is 5.73 Å². The fourth-order valence-electron chi connectivity index (χ4n) is 2.47. The highest BCUT2D eigenvalue weighted by atomic mass is 19.1. The fourth-order valence-corrected chi connectivity index (χ4v) is 2.47. The number of nitrogens with one attached hydrogen (secondary N) is 1. The molecule has 1 aliphatic carbocycles. The number of hydrogen-bond donors (Lipinski definition) is 2. The first-order valence-corrected chi connectivity index (χ1v) is 5.31. The van der Waals surface area contributed by atoms with E-state index in [1.54, 1.807) is 12.1 Å². The van der Waals surface area contributed by atoms with E-state index >= 15 is 0 Å². The summed E-state index contributed by atoms with van der Waals surface area (Å²) in [6, 6.07) is 4.96. The summed E-state index contributed by atoms with van der Waals surface area (Å²) in [6.45, 7) is 0. The lowest BCUT2D eigenvalue weighted by atomic mass is 9.92. The molecule has 3 rings (SSSR count). The average molecular weight is 204 g/mol. The van der Waals surface area contributed by atoms with Crippen molar-refractivity contribution in [3.05, 3.63) is 35.3 Å². The van der Waals surface area contributed by atoms with Gasteiger partial charge < -0.3 is 10.7 Å². The van der Waals surface area contributed by atoms with Crippen molar-refractivity contribution in [3.63, 3.8) is 0 Å². The van der Waals surface area contributed by atoms with Crippen molar-refractivity contribution in [1.82, 2.24) is 4.98 Å². The second-order valence-corrected chi connectivity index (χ2v) is 4.21. The van der Waals surface area contributed by atoms with Crippen molar-refractivity contribution in [2.75, 3.05) is 0 Å². The molecule has 2 aromatic rings. The van der Waals surface area contributed by atoms with Crippen LogP contribution in [0.1, 0.15) is 30.1 Å². The molecule has 3 N–H and O–H groups in total. The molecule has 1 aromatic carbocycles.